The molecular formula is C30H41N7O2. The molecule has 3 aromatic rings. The molecule has 0 saturated carbocycles. The molecule has 0 bridgehead atoms. The Kier molecular flexibility index (Phi) is 10.5. The number of hydrogen-bond acceptors (Lipinski definition) is 8. The molecule has 3 rings (SSSR count). The van der Waals surface area contributed by atoms with Gasteiger partial charge in [-0.3, -0.25) is 9.80 Å². The minimum absolute atomic E-state index is 0.0953. The fourth-order valence-electron chi connectivity index (χ4n) is 4.46. The molecule has 9 heteroatoms. The maximum absolute atomic E-state index is 13.9. The number of nitrogens with zero attached hydrogens (tertiary/aromatic N) is 5. The highest BCUT2D eigenvalue weighted by Gasteiger charge is 2.20. The number of amides is 1. The first-order chi connectivity index (χ1) is 18.7. The number of fused-ring (bicyclic) bond motifs is 1. The molecule has 0 aliphatic heterocycles. The number of methoxy groups -OCH3 is 1. The maximum atomic E-state index is 13.9. The summed E-state index contributed by atoms with van der Waals surface area (Å²) in [5.74, 6) is -0.0953. The molecule has 0 aliphatic rings. The Balaban J connectivity index is 2.05. The average molecular weight is 532 g/mol. The van der Waals surface area contributed by atoms with Crippen molar-refractivity contribution in [2.24, 2.45) is 5.10 Å². The van der Waals surface area contributed by atoms with Crippen LogP contribution in [0.3, 0.4) is 0 Å². The van der Waals surface area contributed by atoms with Crippen molar-refractivity contribution in [2.45, 2.75) is 34.3 Å². The summed E-state index contributed by atoms with van der Waals surface area (Å²) in [5.41, 5.74) is 7.53. The van der Waals surface area contributed by atoms with Crippen LogP contribution in [0.1, 0.15) is 42.4 Å². The highest BCUT2D eigenvalue weighted by Crippen LogP contribution is 2.28. The van der Waals surface area contributed by atoms with Crippen molar-refractivity contribution >= 4 is 29.2 Å². The average Bonchev–Trinajstić information content (AvgIpc) is 2.93. The van der Waals surface area contributed by atoms with E-state index in [1.54, 1.807) is 12.0 Å². The van der Waals surface area contributed by atoms with Crippen molar-refractivity contribution < 1.29 is 9.53 Å². The number of allylic oxidation sites excluding steroid dienone is 1. The number of nitrogens with one attached hydrogen (secondary N) is 2. The smallest absolute Gasteiger partial charge is 0.254 e. The van der Waals surface area contributed by atoms with E-state index < -0.39 is 0 Å². The molecule has 1 amide bonds. The summed E-state index contributed by atoms with van der Waals surface area (Å²) in [4.78, 5) is 25.3. The zero-order valence-electron chi connectivity index (χ0n) is 24.3. The fraction of sp³-hybridized carbons (Fsp3) is 0.400. The van der Waals surface area contributed by atoms with E-state index in [1.165, 1.54) is 0 Å². The zero-order valence-corrected chi connectivity index (χ0v) is 24.3. The lowest BCUT2D eigenvalue weighted by molar-refractivity contribution is 0.0808. The molecule has 0 radical (unpaired) electrons. The van der Waals surface area contributed by atoms with Crippen LogP contribution in [0, 0.1) is 6.92 Å². The Morgan fingerprint density at radius 3 is 2.51 bits per heavy atom. The number of anilines is 1. The van der Waals surface area contributed by atoms with Gasteiger partial charge >= 0.3 is 0 Å². The number of carbonyl (C=O) groups is 1. The first-order valence-corrected chi connectivity index (χ1v) is 13.2. The second kappa shape index (κ2) is 13.8. The minimum Gasteiger partial charge on any atom is -0.382 e. The number of hydrazone groups is 1. The van der Waals surface area contributed by atoms with Crippen LogP contribution < -0.4 is 10.6 Å². The van der Waals surface area contributed by atoms with Crippen LogP contribution in [0.5, 0.6) is 0 Å². The lowest BCUT2D eigenvalue weighted by Gasteiger charge is -2.24. The van der Waals surface area contributed by atoms with Gasteiger partial charge in [0.15, 0.2) is 0 Å². The summed E-state index contributed by atoms with van der Waals surface area (Å²) in [6.45, 7) is 14.9. The molecule has 0 aliphatic carbocycles. The SMILES string of the molecule is C=NN(CC)/C(C)=C(\C)CN(C)C(=O)c1cc(-c2ccc(NCCNC)c(C)n2)nc2ccc(COC)cc12. The van der Waals surface area contributed by atoms with Gasteiger partial charge in [-0.25, -0.2) is 9.97 Å². The van der Waals surface area contributed by atoms with E-state index in [0.717, 1.165) is 52.2 Å². The van der Waals surface area contributed by atoms with E-state index in [4.69, 9.17) is 14.7 Å². The monoisotopic (exact) mass is 531 g/mol. The van der Waals surface area contributed by atoms with Crippen molar-refractivity contribution in [2.75, 3.05) is 52.7 Å². The van der Waals surface area contributed by atoms with E-state index in [0.29, 0.717) is 36.6 Å². The van der Waals surface area contributed by atoms with Crippen molar-refractivity contribution in [1.29, 1.82) is 0 Å². The largest absolute Gasteiger partial charge is 0.382 e. The first-order valence-electron chi connectivity index (χ1n) is 13.2. The molecular weight excluding hydrogens is 490 g/mol. The topological polar surface area (TPSA) is 95.0 Å². The van der Waals surface area contributed by atoms with Crippen molar-refractivity contribution in [1.82, 2.24) is 25.2 Å². The maximum Gasteiger partial charge on any atom is 0.254 e. The van der Waals surface area contributed by atoms with Crippen LogP contribution in [-0.2, 0) is 11.3 Å². The molecule has 9 nitrogen and oxygen atoms in total. The Bertz CT molecular complexity index is 1350. The number of likely N-dealkylation sites (N-methyl/N-ethyl adjacent to an activating group) is 2. The molecule has 0 saturated heterocycles. The number of benzene rings is 1. The lowest BCUT2D eigenvalue weighted by Crippen LogP contribution is -2.30. The van der Waals surface area contributed by atoms with Gasteiger partial charge in [-0.2, -0.15) is 5.10 Å². The van der Waals surface area contributed by atoms with Crippen molar-refractivity contribution in [3.8, 4) is 11.4 Å². The molecule has 0 atom stereocenters. The van der Waals surface area contributed by atoms with Gasteiger partial charge in [-0.1, -0.05) is 6.07 Å². The number of aryl methyl sites for hydroxylation is 1. The Labute approximate surface area is 232 Å². The standard InChI is InChI=1S/C30H41N7O2/c1-9-37(32-6)22(4)20(2)18-36(7)30(38)25-17-29(35-27-11-10-23(19-39-8)16-24(25)27)28-13-12-26(21(3)34-28)33-15-14-31-5/h10-13,16-17,31,33H,6,9,14-15,18-19H2,1-5,7-8H3/b22-20+. The number of rotatable bonds is 13. The van der Waals surface area contributed by atoms with Crippen LogP contribution in [0.15, 0.2) is 52.8 Å². The Hall–Kier alpha value is -3.82. The van der Waals surface area contributed by atoms with E-state index in [9.17, 15) is 4.79 Å². The second-order valence-corrected chi connectivity index (χ2v) is 9.58. The summed E-state index contributed by atoms with van der Waals surface area (Å²) < 4.78 is 5.34. The highest BCUT2D eigenvalue weighted by atomic mass is 16.5. The highest BCUT2D eigenvalue weighted by molar-refractivity contribution is 6.07. The van der Waals surface area contributed by atoms with E-state index in [2.05, 4.69) is 22.5 Å². The Morgan fingerprint density at radius 2 is 1.87 bits per heavy atom. The molecule has 2 aromatic heterocycles. The predicted molar refractivity (Wildman–Crippen MR) is 160 cm³/mol. The van der Waals surface area contributed by atoms with E-state index >= 15 is 0 Å². The van der Waals surface area contributed by atoms with Gasteiger partial charge < -0.3 is 20.3 Å². The van der Waals surface area contributed by atoms with Gasteiger partial charge in [0.25, 0.3) is 5.91 Å². The van der Waals surface area contributed by atoms with Crippen LogP contribution in [0.25, 0.3) is 22.3 Å². The van der Waals surface area contributed by atoms with Gasteiger partial charge in [-0.05, 0) is 76.2 Å². The van der Waals surface area contributed by atoms with Gasteiger partial charge in [-0.15, -0.1) is 0 Å². The number of hydrogen-bond donors (Lipinski definition) is 2. The lowest BCUT2D eigenvalue weighted by atomic mass is 10.0. The van der Waals surface area contributed by atoms with Crippen LogP contribution in [0.4, 0.5) is 5.69 Å². The quantitative estimate of drug-likeness (QED) is 0.188. The van der Waals surface area contributed by atoms with Gasteiger partial charge in [0, 0.05) is 58.1 Å². The summed E-state index contributed by atoms with van der Waals surface area (Å²) in [6.07, 6.45) is 0. The van der Waals surface area contributed by atoms with Gasteiger partial charge in [0.2, 0.25) is 0 Å². The molecule has 2 N–H and O–H groups in total. The third kappa shape index (κ3) is 7.19. The predicted octanol–water partition coefficient (Wildman–Crippen LogP) is 4.69. The molecule has 0 fully saturated rings. The number of pyridine rings is 2. The normalized spacial score (nSPS) is 11.8. The first kappa shape index (κ1) is 29.7. The van der Waals surface area contributed by atoms with Gasteiger partial charge in [0.1, 0.15) is 0 Å². The fourth-order valence-corrected chi connectivity index (χ4v) is 4.46. The van der Waals surface area contributed by atoms with Gasteiger partial charge in [0.05, 0.1) is 40.5 Å². The van der Waals surface area contributed by atoms with Crippen LogP contribution in [-0.4, -0.2) is 79.9 Å². The summed E-state index contributed by atoms with van der Waals surface area (Å²) in [5, 5.41) is 13.2. The van der Waals surface area contributed by atoms with Crippen molar-refractivity contribution in [3.05, 3.63) is 64.5 Å². The summed E-state index contributed by atoms with van der Waals surface area (Å²) >= 11 is 0. The zero-order chi connectivity index (χ0) is 28.5. The molecule has 1 aromatic carbocycles. The molecule has 39 heavy (non-hydrogen) atoms. The molecule has 208 valence electrons. The third-order valence-electron chi connectivity index (χ3n) is 6.75. The summed E-state index contributed by atoms with van der Waals surface area (Å²) in [7, 11) is 5.40. The Morgan fingerprint density at radius 1 is 1.10 bits per heavy atom. The van der Waals surface area contributed by atoms with Crippen LogP contribution in [0.2, 0.25) is 0 Å². The molecule has 0 spiro atoms. The van der Waals surface area contributed by atoms with E-state index in [-0.39, 0.29) is 5.91 Å². The third-order valence-corrected chi connectivity index (χ3v) is 6.75. The number of carbonyl (C=O) groups excluding carboxylic acids is 1. The molecule has 2 heterocycles. The summed E-state index contributed by atoms with van der Waals surface area (Å²) in [6, 6.07) is 11.7. The minimum atomic E-state index is -0.0953. The van der Waals surface area contributed by atoms with Crippen LogP contribution >= 0.6 is 0 Å². The number of aromatic nitrogens is 2. The van der Waals surface area contributed by atoms with Crippen molar-refractivity contribution in [3.63, 3.8) is 0 Å². The van der Waals surface area contributed by atoms with E-state index in [1.807, 2.05) is 83.2 Å². The molecule has 0 unspecified atom stereocenters. The number of ether oxygens (including phenoxy) is 1. The second-order valence-electron chi connectivity index (χ2n) is 9.58.